The highest BCUT2D eigenvalue weighted by Crippen LogP contribution is 2.11. The molecule has 16 heavy (non-hydrogen) atoms. The Morgan fingerprint density at radius 3 is 2.62 bits per heavy atom. The Morgan fingerprint density at radius 1 is 1.38 bits per heavy atom. The molecule has 4 heteroatoms. The van der Waals surface area contributed by atoms with Crippen LogP contribution in [0.25, 0.3) is 0 Å². The highest BCUT2D eigenvalue weighted by molar-refractivity contribution is 5.94. The first-order chi connectivity index (χ1) is 7.77. The molecule has 0 bridgehead atoms. The molecule has 0 aromatic heterocycles. The van der Waals surface area contributed by atoms with Crippen LogP contribution >= 0.6 is 0 Å². The quantitative estimate of drug-likeness (QED) is 0.759. The lowest BCUT2D eigenvalue weighted by molar-refractivity contribution is 0.0953. The molecule has 0 unspecified atom stereocenters. The number of hydrogen-bond donors (Lipinski definition) is 2. The summed E-state index contributed by atoms with van der Waals surface area (Å²) in [7, 11) is 0. The minimum absolute atomic E-state index is 0.0489. The maximum Gasteiger partial charge on any atom is 0.251 e. The van der Waals surface area contributed by atoms with E-state index in [1.807, 2.05) is 6.92 Å². The number of nitrogens with one attached hydrogen (secondary N) is 1. The van der Waals surface area contributed by atoms with Gasteiger partial charge < -0.3 is 15.8 Å². The molecule has 0 saturated heterocycles. The van der Waals surface area contributed by atoms with E-state index >= 15 is 0 Å². The van der Waals surface area contributed by atoms with Crippen molar-refractivity contribution in [2.24, 2.45) is 5.73 Å². The smallest absolute Gasteiger partial charge is 0.251 e. The number of amides is 1. The lowest BCUT2D eigenvalue weighted by atomic mass is 10.2. The summed E-state index contributed by atoms with van der Waals surface area (Å²) in [6, 6.07) is 7.04. The van der Waals surface area contributed by atoms with Gasteiger partial charge in [-0.2, -0.15) is 0 Å². The molecule has 3 N–H and O–H groups in total. The Morgan fingerprint density at radius 2 is 2.06 bits per heavy atom. The van der Waals surface area contributed by atoms with Gasteiger partial charge >= 0.3 is 0 Å². The predicted molar refractivity (Wildman–Crippen MR) is 63.6 cm³/mol. The van der Waals surface area contributed by atoms with Crippen LogP contribution < -0.4 is 15.8 Å². The number of rotatable bonds is 6. The Kier molecular flexibility index (Phi) is 5.36. The van der Waals surface area contributed by atoms with Crippen LogP contribution in [0.5, 0.6) is 5.75 Å². The van der Waals surface area contributed by atoms with E-state index in [-0.39, 0.29) is 5.91 Å². The fourth-order valence-corrected chi connectivity index (χ4v) is 1.22. The molecule has 0 atom stereocenters. The Hall–Kier alpha value is -1.55. The molecule has 1 aromatic carbocycles. The molecule has 0 heterocycles. The Balaban J connectivity index is 2.53. The highest BCUT2D eigenvalue weighted by Gasteiger charge is 2.03. The first-order valence-corrected chi connectivity index (χ1v) is 5.49. The minimum Gasteiger partial charge on any atom is -0.492 e. The number of nitrogens with two attached hydrogens (primary N) is 1. The van der Waals surface area contributed by atoms with Crippen molar-refractivity contribution in [3.63, 3.8) is 0 Å². The van der Waals surface area contributed by atoms with Gasteiger partial charge in [-0.15, -0.1) is 0 Å². The number of hydrogen-bond acceptors (Lipinski definition) is 3. The van der Waals surface area contributed by atoms with Gasteiger partial charge in [0, 0.05) is 18.7 Å². The van der Waals surface area contributed by atoms with Gasteiger partial charge in [0.2, 0.25) is 0 Å². The van der Waals surface area contributed by atoms with Gasteiger partial charge in [-0.25, -0.2) is 0 Å². The van der Waals surface area contributed by atoms with E-state index < -0.39 is 0 Å². The molecule has 0 saturated carbocycles. The Bertz CT molecular complexity index is 322. The lowest BCUT2D eigenvalue weighted by Crippen LogP contribution is -2.23. The number of carbonyl (C=O) groups excluding carboxylic acids is 1. The second kappa shape index (κ2) is 6.85. The van der Waals surface area contributed by atoms with Gasteiger partial charge in [0.1, 0.15) is 12.4 Å². The van der Waals surface area contributed by atoms with Gasteiger partial charge in [-0.3, -0.25) is 4.79 Å². The number of ether oxygens (including phenoxy) is 1. The third kappa shape index (κ3) is 3.90. The van der Waals surface area contributed by atoms with E-state index in [2.05, 4.69) is 5.32 Å². The van der Waals surface area contributed by atoms with Crippen molar-refractivity contribution in [1.29, 1.82) is 0 Å². The van der Waals surface area contributed by atoms with E-state index in [0.29, 0.717) is 25.3 Å². The van der Waals surface area contributed by atoms with E-state index in [1.165, 1.54) is 0 Å². The topological polar surface area (TPSA) is 64.3 Å². The second-order valence-corrected chi connectivity index (χ2v) is 3.42. The molecule has 0 aliphatic heterocycles. The average molecular weight is 222 g/mol. The molecule has 0 spiro atoms. The predicted octanol–water partition coefficient (Wildman–Crippen LogP) is 1.16. The normalized spacial score (nSPS) is 9.88. The summed E-state index contributed by atoms with van der Waals surface area (Å²) < 4.78 is 5.31. The maximum atomic E-state index is 11.6. The van der Waals surface area contributed by atoms with Crippen LogP contribution in [0.15, 0.2) is 24.3 Å². The summed E-state index contributed by atoms with van der Waals surface area (Å²) in [6.07, 6.45) is 0.934. The third-order valence-corrected chi connectivity index (χ3v) is 2.04. The SMILES string of the molecule is CCCNC(=O)c1ccc(OCCN)cc1. The molecule has 0 aliphatic rings. The van der Waals surface area contributed by atoms with Crippen molar-refractivity contribution in [3.05, 3.63) is 29.8 Å². The zero-order chi connectivity index (χ0) is 11.8. The number of benzene rings is 1. The van der Waals surface area contributed by atoms with Crippen LogP contribution in [0.3, 0.4) is 0 Å². The summed E-state index contributed by atoms with van der Waals surface area (Å²) in [5.74, 6) is 0.685. The van der Waals surface area contributed by atoms with Crippen LogP contribution in [-0.2, 0) is 0 Å². The molecule has 0 radical (unpaired) electrons. The largest absolute Gasteiger partial charge is 0.492 e. The van der Waals surface area contributed by atoms with E-state index in [9.17, 15) is 4.79 Å². The molecule has 0 fully saturated rings. The van der Waals surface area contributed by atoms with Gasteiger partial charge in [0.25, 0.3) is 5.91 Å². The monoisotopic (exact) mass is 222 g/mol. The van der Waals surface area contributed by atoms with Crippen molar-refractivity contribution in [2.45, 2.75) is 13.3 Å². The summed E-state index contributed by atoms with van der Waals surface area (Å²) in [6.45, 7) is 3.69. The standard InChI is InChI=1S/C12H18N2O2/c1-2-8-14-12(15)10-3-5-11(6-4-10)16-9-7-13/h3-6H,2,7-9,13H2,1H3,(H,14,15). The van der Waals surface area contributed by atoms with Gasteiger partial charge in [0.15, 0.2) is 0 Å². The molecule has 1 amide bonds. The lowest BCUT2D eigenvalue weighted by Gasteiger charge is -2.06. The summed E-state index contributed by atoms with van der Waals surface area (Å²) >= 11 is 0. The molecule has 88 valence electrons. The van der Waals surface area contributed by atoms with Crippen molar-refractivity contribution in [1.82, 2.24) is 5.32 Å². The molecule has 1 aromatic rings. The van der Waals surface area contributed by atoms with Crippen molar-refractivity contribution in [3.8, 4) is 5.75 Å². The van der Waals surface area contributed by atoms with E-state index in [4.69, 9.17) is 10.5 Å². The second-order valence-electron chi connectivity index (χ2n) is 3.42. The van der Waals surface area contributed by atoms with Crippen LogP contribution in [0.1, 0.15) is 23.7 Å². The van der Waals surface area contributed by atoms with Crippen LogP contribution in [0.2, 0.25) is 0 Å². The van der Waals surface area contributed by atoms with Crippen molar-refractivity contribution >= 4 is 5.91 Å². The molecule has 4 nitrogen and oxygen atoms in total. The summed E-state index contributed by atoms with van der Waals surface area (Å²) in [5.41, 5.74) is 5.97. The molecular formula is C12H18N2O2. The first kappa shape index (κ1) is 12.5. The van der Waals surface area contributed by atoms with Gasteiger partial charge in [-0.1, -0.05) is 6.92 Å². The van der Waals surface area contributed by atoms with Crippen LogP contribution in [0.4, 0.5) is 0 Å². The fraction of sp³-hybridized carbons (Fsp3) is 0.417. The Labute approximate surface area is 95.8 Å². The zero-order valence-electron chi connectivity index (χ0n) is 9.53. The molecule has 1 rings (SSSR count). The van der Waals surface area contributed by atoms with Crippen LogP contribution in [-0.4, -0.2) is 25.6 Å². The maximum absolute atomic E-state index is 11.6. The van der Waals surface area contributed by atoms with E-state index in [0.717, 1.165) is 12.2 Å². The molecular weight excluding hydrogens is 204 g/mol. The van der Waals surface area contributed by atoms with E-state index in [1.54, 1.807) is 24.3 Å². The fourth-order valence-electron chi connectivity index (χ4n) is 1.22. The summed E-state index contributed by atoms with van der Waals surface area (Å²) in [4.78, 5) is 11.6. The highest BCUT2D eigenvalue weighted by atomic mass is 16.5. The first-order valence-electron chi connectivity index (χ1n) is 5.49. The molecule has 0 aliphatic carbocycles. The number of carbonyl (C=O) groups is 1. The van der Waals surface area contributed by atoms with Crippen LogP contribution in [0, 0.1) is 0 Å². The zero-order valence-corrected chi connectivity index (χ0v) is 9.53. The minimum atomic E-state index is -0.0489. The van der Waals surface area contributed by atoms with Crippen molar-refractivity contribution in [2.75, 3.05) is 19.7 Å². The third-order valence-electron chi connectivity index (χ3n) is 2.04. The van der Waals surface area contributed by atoms with Crippen molar-refractivity contribution < 1.29 is 9.53 Å². The van der Waals surface area contributed by atoms with Gasteiger partial charge in [-0.05, 0) is 30.7 Å². The average Bonchev–Trinajstić information content (AvgIpc) is 2.34. The summed E-state index contributed by atoms with van der Waals surface area (Å²) in [5, 5.41) is 2.81. The van der Waals surface area contributed by atoms with Gasteiger partial charge in [0.05, 0.1) is 0 Å².